The number of aryl methyl sites for hydroxylation is 1. The van der Waals surface area contributed by atoms with Gasteiger partial charge in [-0.15, -0.1) is 0 Å². The summed E-state index contributed by atoms with van der Waals surface area (Å²) in [5.74, 6) is 0.134. The molecule has 0 radical (unpaired) electrons. The van der Waals surface area contributed by atoms with Crippen LogP contribution in [0, 0.1) is 0 Å². The molecule has 2 saturated heterocycles. The Morgan fingerprint density at radius 3 is 2.57 bits per heavy atom. The Hall–Kier alpha value is -2.48. The first-order valence-electron chi connectivity index (χ1n) is 10.5. The van der Waals surface area contributed by atoms with Gasteiger partial charge in [-0.05, 0) is 30.3 Å². The van der Waals surface area contributed by atoms with E-state index in [1.165, 1.54) is 22.7 Å². The maximum atomic E-state index is 13.0. The number of nitrogens with one attached hydrogen (secondary N) is 1. The van der Waals surface area contributed by atoms with Gasteiger partial charge in [-0.3, -0.25) is 4.79 Å². The van der Waals surface area contributed by atoms with Crippen molar-refractivity contribution in [2.24, 2.45) is 7.05 Å². The van der Waals surface area contributed by atoms with Crippen molar-refractivity contribution in [1.82, 2.24) is 9.47 Å². The van der Waals surface area contributed by atoms with Gasteiger partial charge in [0.2, 0.25) is 0 Å². The summed E-state index contributed by atoms with van der Waals surface area (Å²) in [4.78, 5) is 18.0. The molecule has 30 heavy (non-hydrogen) atoms. The summed E-state index contributed by atoms with van der Waals surface area (Å²) < 4.78 is 41.1. The normalized spacial score (nSPS) is 22.5. The summed E-state index contributed by atoms with van der Waals surface area (Å²) in [6.45, 7) is 3.63. The SMILES string of the molecule is Cn1cccc1[C@H]1CCC[NH+]1CC(=O)N1CCN(c2cccc(C(F)(F)F)c2)CC1. The van der Waals surface area contributed by atoms with Gasteiger partial charge in [-0.2, -0.15) is 13.2 Å². The number of rotatable bonds is 4. The lowest BCUT2D eigenvalue weighted by molar-refractivity contribution is -0.911. The highest BCUT2D eigenvalue weighted by Crippen LogP contribution is 2.31. The number of benzene rings is 1. The smallest absolute Gasteiger partial charge is 0.368 e. The van der Waals surface area contributed by atoms with Crippen LogP contribution in [0.25, 0.3) is 0 Å². The molecule has 0 saturated carbocycles. The zero-order valence-corrected chi connectivity index (χ0v) is 17.2. The molecule has 0 aliphatic carbocycles. The van der Waals surface area contributed by atoms with Gasteiger partial charge in [-0.1, -0.05) is 6.07 Å². The van der Waals surface area contributed by atoms with E-state index in [4.69, 9.17) is 0 Å². The highest BCUT2D eigenvalue weighted by molar-refractivity contribution is 5.77. The molecule has 0 bridgehead atoms. The third-order valence-corrected chi connectivity index (χ3v) is 6.37. The topological polar surface area (TPSA) is 32.9 Å². The maximum absolute atomic E-state index is 13.0. The molecule has 1 amide bonds. The van der Waals surface area contributed by atoms with Crippen LogP contribution in [0.15, 0.2) is 42.6 Å². The van der Waals surface area contributed by atoms with Gasteiger partial charge in [-0.25, -0.2) is 0 Å². The van der Waals surface area contributed by atoms with Crippen LogP contribution in [0.4, 0.5) is 18.9 Å². The number of halogens is 3. The van der Waals surface area contributed by atoms with Crippen molar-refractivity contribution >= 4 is 11.6 Å². The molecule has 2 fully saturated rings. The van der Waals surface area contributed by atoms with Gasteiger partial charge in [0.1, 0.15) is 6.04 Å². The second kappa shape index (κ2) is 8.34. The van der Waals surface area contributed by atoms with Crippen molar-refractivity contribution in [3.63, 3.8) is 0 Å². The van der Waals surface area contributed by atoms with Crippen molar-refractivity contribution in [2.45, 2.75) is 25.1 Å². The molecule has 3 heterocycles. The summed E-state index contributed by atoms with van der Waals surface area (Å²) in [6.07, 6.45) is -0.104. The molecule has 2 aromatic rings. The van der Waals surface area contributed by atoms with Crippen LogP contribution < -0.4 is 9.80 Å². The van der Waals surface area contributed by atoms with E-state index in [1.54, 1.807) is 6.07 Å². The predicted octanol–water partition coefficient (Wildman–Crippen LogP) is 2.11. The molecule has 2 aliphatic rings. The van der Waals surface area contributed by atoms with Crippen molar-refractivity contribution in [1.29, 1.82) is 0 Å². The molecular weight excluding hydrogens is 393 g/mol. The summed E-state index contributed by atoms with van der Waals surface area (Å²) in [5.41, 5.74) is 1.19. The third-order valence-electron chi connectivity index (χ3n) is 6.37. The average molecular weight is 421 g/mol. The van der Waals surface area contributed by atoms with E-state index in [0.717, 1.165) is 25.5 Å². The first kappa shape index (κ1) is 20.8. The lowest BCUT2D eigenvalue weighted by Crippen LogP contribution is -3.11. The van der Waals surface area contributed by atoms with Gasteiger partial charge in [0.25, 0.3) is 5.91 Å². The Bertz CT molecular complexity index is 887. The zero-order chi connectivity index (χ0) is 21.3. The van der Waals surface area contributed by atoms with Crippen molar-refractivity contribution in [3.8, 4) is 0 Å². The number of piperazine rings is 1. The zero-order valence-electron chi connectivity index (χ0n) is 17.2. The van der Waals surface area contributed by atoms with E-state index in [0.29, 0.717) is 44.5 Å². The Morgan fingerprint density at radius 2 is 1.90 bits per heavy atom. The lowest BCUT2D eigenvalue weighted by atomic mass is 10.1. The molecule has 162 valence electrons. The van der Waals surface area contributed by atoms with E-state index in [1.807, 2.05) is 29.1 Å². The third kappa shape index (κ3) is 4.33. The predicted molar refractivity (Wildman–Crippen MR) is 108 cm³/mol. The molecule has 1 aromatic carbocycles. The molecule has 1 aromatic heterocycles. The number of alkyl halides is 3. The van der Waals surface area contributed by atoms with E-state index in [-0.39, 0.29) is 5.91 Å². The number of anilines is 1. The number of nitrogens with zero attached hydrogens (tertiary/aromatic N) is 3. The van der Waals surface area contributed by atoms with Crippen LogP contribution in [0.2, 0.25) is 0 Å². The molecule has 5 nitrogen and oxygen atoms in total. The molecule has 1 N–H and O–H groups in total. The molecule has 8 heteroatoms. The Morgan fingerprint density at radius 1 is 1.13 bits per heavy atom. The fraction of sp³-hybridized carbons (Fsp3) is 0.500. The number of aromatic nitrogens is 1. The van der Waals surface area contributed by atoms with E-state index in [9.17, 15) is 18.0 Å². The van der Waals surface area contributed by atoms with Gasteiger partial charge in [0, 0.05) is 58.0 Å². The highest BCUT2D eigenvalue weighted by atomic mass is 19.4. The molecule has 1 unspecified atom stereocenters. The highest BCUT2D eigenvalue weighted by Gasteiger charge is 2.35. The van der Waals surface area contributed by atoms with Gasteiger partial charge >= 0.3 is 6.18 Å². The largest absolute Gasteiger partial charge is 0.416 e. The molecule has 4 rings (SSSR count). The van der Waals surface area contributed by atoms with Crippen LogP contribution in [0.3, 0.4) is 0 Å². The van der Waals surface area contributed by atoms with Gasteiger partial charge in [0.05, 0.1) is 17.8 Å². The van der Waals surface area contributed by atoms with Crippen LogP contribution in [0.1, 0.15) is 30.1 Å². The standard InChI is InChI=1S/C22H27F3N4O/c1-26-9-3-7-19(26)20-8-4-10-29(20)16-21(30)28-13-11-27(12-14-28)18-6-2-5-17(15-18)22(23,24)25/h2-3,5-7,9,15,20H,4,8,10-14,16H2,1H3/p+1/t20-/m1/s1. The Labute approximate surface area is 174 Å². The number of quaternary nitrogens is 1. The van der Waals surface area contributed by atoms with Crippen LogP contribution in [0.5, 0.6) is 0 Å². The molecule has 0 spiro atoms. The van der Waals surface area contributed by atoms with Crippen LogP contribution >= 0.6 is 0 Å². The first-order chi connectivity index (χ1) is 14.3. The quantitative estimate of drug-likeness (QED) is 0.821. The minimum Gasteiger partial charge on any atom is -0.368 e. The Kier molecular flexibility index (Phi) is 5.77. The second-order valence-corrected chi connectivity index (χ2v) is 8.24. The van der Waals surface area contributed by atoms with Crippen molar-refractivity contribution in [2.75, 3.05) is 44.2 Å². The number of hydrogen-bond acceptors (Lipinski definition) is 2. The minimum atomic E-state index is -4.35. The number of amides is 1. The fourth-order valence-electron chi connectivity index (χ4n) is 4.72. The Balaban J connectivity index is 1.34. The lowest BCUT2D eigenvalue weighted by Gasteiger charge is -2.36. The summed E-state index contributed by atoms with van der Waals surface area (Å²) in [5, 5.41) is 0. The number of likely N-dealkylation sites (tertiary alicyclic amines) is 1. The fourth-order valence-corrected chi connectivity index (χ4v) is 4.72. The van der Waals surface area contributed by atoms with Gasteiger partial charge < -0.3 is 19.3 Å². The molecule has 2 aliphatic heterocycles. The molecule has 2 atom stereocenters. The minimum absolute atomic E-state index is 0.134. The van der Waals surface area contributed by atoms with Crippen LogP contribution in [-0.2, 0) is 18.0 Å². The maximum Gasteiger partial charge on any atom is 0.416 e. The number of hydrogen-bond donors (Lipinski definition) is 1. The van der Waals surface area contributed by atoms with Crippen molar-refractivity contribution in [3.05, 3.63) is 53.9 Å². The number of carbonyl (C=O) groups excluding carboxylic acids is 1. The van der Waals surface area contributed by atoms with E-state index in [2.05, 4.69) is 10.6 Å². The summed E-state index contributed by atoms with van der Waals surface area (Å²) >= 11 is 0. The van der Waals surface area contributed by atoms with Gasteiger partial charge in [0.15, 0.2) is 6.54 Å². The van der Waals surface area contributed by atoms with Crippen molar-refractivity contribution < 1.29 is 22.9 Å². The monoisotopic (exact) mass is 421 g/mol. The number of carbonyl (C=O) groups is 1. The van der Waals surface area contributed by atoms with Crippen LogP contribution in [-0.4, -0.2) is 54.6 Å². The van der Waals surface area contributed by atoms with E-state index >= 15 is 0 Å². The summed E-state index contributed by atoms with van der Waals surface area (Å²) in [6, 6.07) is 9.94. The van der Waals surface area contributed by atoms with E-state index < -0.39 is 11.7 Å². The first-order valence-corrected chi connectivity index (χ1v) is 10.5. The second-order valence-electron chi connectivity index (χ2n) is 8.24. The summed E-state index contributed by atoms with van der Waals surface area (Å²) in [7, 11) is 2.04. The molecular formula is C22H28F3N4O+. The average Bonchev–Trinajstić information content (AvgIpc) is 3.36.